The van der Waals surface area contributed by atoms with E-state index in [1.807, 2.05) is 19.2 Å². The van der Waals surface area contributed by atoms with Crippen molar-refractivity contribution >= 4 is 5.91 Å². The lowest BCUT2D eigenvalue weighted by atomic mass is 10.2. The van der Waals surface area contributed by atoms with Crippen LogP contribution in [0.3, 0.4) is 0 Å². The molecule has 0 radical (unpaired) electrons. The molecule has 0 spiro atoms. The quantitative estimate of drug-likeness (QED) is 0.686. The molecule has 0 atom stereocenters. The second-order valence-corrected chi connectivity index (χ2v) is 5.55. The minimum absolute atomic E-state index is 0.135. The number of nitrogens with one attached hydrogen (secondary N) is 1. The molecule has 0 saturated carbocycles. The number of pyridine rings is 1. The Morgan fingerprint density at radius 1 is 1.36 bits per heavy atom. The SMILES string of the molecule is CN(CCc1ccncc1)C(=O)CNCCN1CCOCC1. The lowest BCUT2D eigenvalue weighted by Gasteiger charge is -2.26. The van der Waals surface area contributed by atoms with E-state index in [0.717, 1.165) is 52.4 Å². The first-order valence-electron chi connectivity index (χ1n) is 7.89. The number of aromatic nitrogens is 1. The molecule has 2 rings (SSSR count). The van der Waals surface area contributed by atoms with Crippen LogP contribution in [-0.2, 0) is 16.0 Å². The first-order valence-corrected chi connectivity index (χ1v) is 7.89. The van der Waals surface area contributed by atoms with Gasteiger partial charge in [0.25, 0.3) is 0 Å². The summed E-state index contributed by atoms with van der Waals surface area (Å²) in [5.74, 6) is 0.135. The highest BCUT2D eigenvalue weighted by Crippen LogP contribution is 1.99. The highest BCUT2D eigenvalue weighted by Gasteiger charge is 2.11. The predicted octanol–water partition coefficient (Wildman–Crippen LogP) is 0.00430. The van der Waals surface area contributed by atoms with E-state index in [4.69, 9.17) is 4.74 Å². The summed E-state index contributed by atoms with van der Waals surface area (Å²) in [7, 11) is 1.85. The van der Waals surface area contributed by atoms with Gasteiger partial charge < -0.3 is 15.0 Å². The van der Waals surface area contributed by atoms with Gasteiger partial charge in [-0.3, -0.25) is 14.7 Å². The summed E-state index contributed by atoms with van der Waals surface area (Å²) in [5.41, 5.74) is 1.20. The van der Waals surface area contributed by atoms with Gasteiger partial charge in [0.2, 0.25) is 5.91 Å². The van der Waals surface area contributed by atoms with Crippen molar-refractivity contribution in [1.82, 2.24) is 20.1 Å². The Bertz CT molecular complexity index is 435. The molecular formula is C16H26N4O2. The fraction of sp³-hybridized carbons (Fsp3) is 0.625. The van der Waals surface area contributed by atoms with Gasteiger partial charge >= 0.3 is 0 Å². The van der Waals surface area contributed by atoms with E-state index in [9.17, 15) is 4.79 Å². The van der Waals surface area contributed by atoms with Gasteiger partial charge in [-0.25, -0.2) is 0 Å². The van der Waals surface area contributed by atoms with E-state index in [2.05, 4.69) is 15.2 Å². The summed E-state index contributed by atoms with van der Waals surface area (Å²) in [6.45, 7) is 6.54. The van der Waals surface area contributed by atoms with Gasteiger partial charge in [-0.1, -0.05) is 0 Å². The van der Waals surface area contributed by atoms with Crippen molar-refractivity contribution in [3.05, 3.63) is 30.1 Å². The number of amides is 1. The van der Waals surface area contributed by atoms with Gasteiger partial charge in [0.05, 0.1) is 19.8 Å². The molecular weight excluding hydrogens is 280 g/mol. The number of nitrogens with zero attached hydrogens (tertiary/aromatic N) is 3. The zero-order valence-electron chi connectivity index (χ0n) is 13.3. The molecule has 1 fully saturated rings. The average Bonchev–Trinajstić information content (AvgIpc) is 2.58. The number of rotatable bonds is 8. The van der Waals surface area contributed by atoms with Crippen LogP contribution in [0.1, 0.15) is 5.56 Å². The van der Waals surface area contributed by atoms with E-state index in [1.54, 1.807) is 17.3 Å². The normalized spacial score (nSPS) is 15.7. The zero-order valence-corrected chi connectivity index (χ0v) is 13.3. The first-order chi connectivity index (χ1) is 10.8. The van der Waals surface area contributed by atoms with E-state index >= 15 is 0 Å². The number of hydrogen-bond acceptors (Lipinski definition) is 5. The molecule has 1 N–H and O–H groups in total. The Labute approximate surface area is 132 Å². The third-order valence-electron chi connectivity index (χ3n) is 3.90. The van der Waals surface area contributed by atoms with Crippen LogP contribution in [0.25, 0.3) is 0 Å². The topological polar surface area (TPSA) is 57.7 Å². The number of likely N-dealkylation sites (N-methyl/N-ethyl adjacent to an activating group) is 1. The van der Waals surface area contributed by atoms with E-state index < -0.39 is 0 Å². The molecule has 2 heterocycles. The summed E-state index contributed by atoms with van der Waals surface area (Å²) >= 11 is 0. The van der Waals surface area contributed by atoms with Gasteiger partial charge in [0.1, 0.15) is 0 Å². The Morgan fingerprint density at radius 3 is 2.82 bits per heavy atom. The van der Waals surface area contributed by atoms with E-state index in [-0.39, 0.29) is 5.91 Å². The van der Waals surface area contributed by atoms with Crippen LogP contribution in [0, 0.1) is 0 Å². The van der Waals surface area contributed by atoms with Crippen LogP contribution in [0.15, 0.2) is 24.5 Å². The summed E-state index contributed by atoms with van der Waals surface area (Å²) in [6, 6.07) is 3.97. The van der Waals surface area contributed by atoms with Crippen LogP contribution >= 0.6 is 0 Å². The maximum Gasteiger partial charge on any atom is 0.236 e. The molecule has 1 aromatic heterocycles. The third kappa shape index (κ3) is 6.09. The average molecular weight is 306 g/mol. The number of carbonyl (C=O) groups excluding carboxylic acids is 1. The number of ether oxygens (including phenoxy) is 1. The zero-order chi connectivity index (χ0) is 15.6. The van der Waals surface area contributed by atoms with Crippen molar-refractivity contribution in [2.24, 2.45) is 0 Å². The fourth-order valence-electron chi connectivity index (χ4n) is 2.36. The maximum absolute atomic E-state index is 12.0. The molecule has 1 aliphatic heterocycles. The Morgan fingerprint density at radius 2 is 2.09 bits per heavy atom. The second-order valence-electron chi connectivity index (χ2n) is 5.55. The molecule has 1 saturated heterocycles. The summed E-state index contributed by atoms with van der Waals surface area (Å²) in [5, 5.41) is 3.23. The summed E-state index contributed by atoms with van der Waals surface area (Å²) in [4.78, 5) is 20.2. The number of morpholine rings is 1. The summed E-state index contributed by atoms with van der Waals surface area (Å²) < 4.78 is 5.31. The van der Waals surface area contributed by atoms with Crippen LogP contribution in [0.4, 0.5) is 0 Å². The lowest BCUT2D eigenvalue weighted by molar-refractivity contribution is -0.128. The monoisotopic (exact) mass is 306 g/mol. The standard InChI is InChI=1S/C16H26N4O2/c1-19(8-4-15-2-5-17-6-3-15)16(21)14-18-7-9-20-10-12-22-13-11-20/h2-3,5-6,18H,4,7-14H2,1H3. The van der Waals surface area contributed by atoms with Gasteiger partial charge in [-0.15, -0.1) is 0 Å². The Kier molecular flexibility index (Phi) is 7.28. The maximum atomic E-state index is 12.0. The molecule has 0 aliphatic carbocycles. The first kappa shape index (κ1) is 16.9. The van der Waals surface area contributed by atoms with Gasteiger partial charge in [0.15, 0.2) is 0 Å². The van der Waals surface area contributed by atoms with Crippen molar-refractivity contribution in [2.45, 2.75) is 6.42 Å². The highest BCUT2D eigenvalue weighted by atomic mass is 16.5. The van der Waals surface area contributed by atoms with Gasteiger partial charge in [-0.05, 0) is 24.1 Å². The smallest absolute Gasteiger partial charge is 0.236 e. The highest BCUT2D eigenvalue weighted by molar-refractivity contribution is 5.77. The van der Waals surface area contributed by atoms with E-state index in [1.165, 1.54) is 5.56 Å². The molecule has 6 heteroatoms. The second kappa shape index (κ2) is 9.50. The molecule has 1 aromatic rings. The van der Waals surface area contributed by atoms with Gasteiger partial charge in [0, 0.05) is 52.2 Å². The molecule has 1 aliphatic rings. The van der Waals surface area contributed by atoms with Crippen LogP contribution in [0.2, 0.25) is 0 Å². The molecule has 1 amide bonds. The Hall–Kier alpha value is -1.50. The molecule has 0 aromatic carbocycles. The molecule has 0 unspecified atom stereocenters. The molecule has 0 bridgehead atoms. The number of hydrogen-bond donors (Lipinski definition) is 1. The lowest BCUT2D eigenvalue weighted by Crippen LogP contribution is -2.42. The minimum Gasteiger partial charge on any atom is -0.379 e. The minimum atomic E-state index is 0.135. The van der Waals surface area contributed by atoms with Crippen LogP contribution in [-0.4, -0.2) is 80.2 Å². The largest absolute Gasteiger partial charge is 0.379 e. The van der Waals surface area contributed by atoms with Crippen molar-refractivity contribution < 1.29 is 9.53 Å². The molecule has 22 heavy (non-hydrogen) atoms. The molecule has 122 valence electrons. The van der Waals surface area contributed by atoms with Gasteiger partial charge in [-0.2, -0.15) is 0 Å². The van der Waals surface area contributed by atoms with Crippen LogP contribution in [0.5, 0.6) is 0 Å². The van der Waals surface area contributed by atoms with Crippen molar-refractivity contribution in [3.63, 3.8) is 0 Å². The third-order valence-corrected chi connectivity index (χ3v) is 3.90. The predicted molar refractivity (Wildman–Crippen MR) is 85.7 cm³/mol. The van der Waals surface area contributed by atoms with Crippen LogP contribution < -0.4 is 5.32 Å². The van der Waals surface area contributed by atoms with E-state index in [0.29, 0.717) is 6.54 Å². The van der Waals surface area contributed by atoms with Crippen molar-refractivity contribution in [2.75, 3.05) is 59.5 Å². The summed E-state index contributed by atoms with van der Waals surface area (Å²) in [6.07, 6.45) is 4.42. The van der Waals surface area contributed by atoms with Crippen molar-refractivity contribution in [3.8, 4) is 0 Å². The fourth-order valence-corrected chi connectivity index (χ4v) is 2.36. The number of carbonyl (C=O) groups is 1. The van der Waals surface area contributed by atoms with Crippen molar-refractivity contribution in [1.29, 1.82) is 0 Å². The molecule has 6 nitrogen and oxygen atoms in total. The Balaban J connectivity index is 1.56.